The molecule has 1 aliphatic heterocycles. The lowest BCUT2D eigenvalue weighted by Crippen LogP contribution is -2.60. The summed E-state index contributed by atoms with van der Waals surface area (Å²) >= 11 is 0. The van der Waals surface area contributed by atoms with E-state index >= 15 is 0 Å². The number of ether oxygens (including phenoxy) is 1. The first-order valence-corrected chi connectivity index (χ1v) is 8.94. The molecule has 1 N–H and O–H groups in total. The molecule has 0 aromatic rings. The first-order chi connectivity index (χ1) is 10.1. The van der Waals surface area contributed by atoms with Crippen molar-refractivity contribution >= 4 is 5.91 Å². The van der Waals surface area contributed by atoms with Crippen molar-refractivity contribution in [1.29, 1.82) is 0 Å². The summed E-state index contributed by atoms with van der Waals surface area (Å²) in [5, 5.41) is 3.41. The summed E-state index contributed by atoms with van der Waals surface area (Å²) in [6, 6.07) is 0.336. The van der Waals surface area contributed by atoms with Crippen molar-refractivity contribution in [2.45, 2.75) is 64.8 Å². The Bertz CT molecular complexity index is 400. The average molecular weight is 291 g/mol. The molecule has 1 atom stereocenters. The second-order valence-electron chi connectivity index (χ2n) is 8.60. The Morgan fingerprint density at radius 2 is 1.67 bits per heavy atom. The normalized spacial score (nSPS) is 44.2. The number of carbonyl (C=O) groups is 1. The smallest absolute Gasteiger partial charge is 0.231 e. The van der Waals surface area contributed by atoms with Crippen molar-refractivity contribution < 1.29 is 9.53 Å². The minimum atomic E-state index is -0.226. The van der Waals surface area contributed by atoms with Crippen molar-refractivity contribution in [1.82, 2.24) is 5.32 Å². The van der Waals surface area contributed by atoms with Gasteiger partial charge < -0.3 is 10.1 Å². The van der Waals surface area contributed by atoms with Crippen LogP contribution in [0.1, 0.15) is 58.8 Å². The summed E-state index contributed by atoms with van der Waals surface area (Å²) in [6.07, 6.45) is 9.36. The summed E-state index contributed by atoms with van der Waals surface area (Å²) in [5.41, 5.74) is 0.181. The van der Waals surface area contributed by atoms with Crippen LogP contribution in [-0.4, -0.2) is 25.2 Å². The second-order valence-corrected chi connectivity index (χ2v) is 8.60. The zero-order valence-electron chi connectivity index (χ0n) is 13.5. The van der Waals surface area contributed by atoms with Gasteiger partial charge in [-0.15, -0.1) is 0 Å². The number of hydrogen-bond acceptors (Lipinski definition) is 2. The number of amides is 1. The Morgan fingerprint density at radius 3 is 2.05 bits per heavy atom. The molecule has 4 bridgehead atoms. The van der Waals surface area contributed by atoms with Crippen LogP contribution in [0, 0.1) is 28.6 Å². The molecule has 21 heavy (non-hydrogen) atoms. The molecule has 5 rings (SSSR count). The van der Waals surface area contributed by atoms with E-state index < -0.39 is 0 Å². The van der Waals surface area contributed by atoms with Crippen LogP contribution in [0.5, 0.6) is 0 Å². The van der Waals surface area contributed by atoms with E-state index in [-0.39, 0.29) is 11.3 Å². The fourth-order valence-electron chi connectivity index (χ4n) is 6.06. The van der Waals surface area contributed by atoms with E-state index in [1.54, 1.807) is 0 Å². The largest absolute Gasteiger partial charge is 0.379 e. The molecule has 0 aromatic carbocycles. The van der Waals surface area contributed by atoms with Gasteiger partial charge in [0.15, 0.2) is 0 Å². The van der Waals surface area contributed by atoms with Gasteiger partial charge in [-0.25, -0.2) is 0 Å². The van der Waals surface area contributed by atoms with E-state index in [9.17, 15) is 4.79 Å². The van der Waals surface area contributed by atoms with E-state index in [1.807, 2.05) is 0 Å². The predicted octanol–water partition coefficient (Wildman–Crippen LogP) is 3.13. The lowest BCUT2D eigenvalue weighted by atomic mass is 9.48. The number of rotatable bonds is 4. The number of hydrogen-bond donors (Lipinski definition) is 1. The highest BCUT2D eigenvalue weighted by Crippen LogP contribution is 2.61. The van der Waals surface area contributed by atoms with Crippen molar-refractivity contribution in [2.24, 2.45) is 28.6 Å². The molecule has 5 aliphatic rings. The van der Waals surface area contributed by atoms with E-state index in [1.165, 1.54) is 38.5 Å². The van der Waals surface area contributed by atoms with Crippen molar-refractivity contribution in [3.8, 4) is 0 Å². The molecule has 4 aliphatic carbocycles. The average Bonchev–Trinajstić information content (AvgIpc) is 2.36. The highest BCUT2D eigenvalue weighted by atomic mass is 16.5. The molecule has 3 nitrogen and oxygen atoms in total. The van der Waals surface area contributed by atoms with Crippen LogP contribution >= 0.6 is 0 Å². The lowest BCUT2D eigenvalue weighted by molar-refractivity contribution is -0.165. The Balaban J connectivity index is 1.47. The molecule has 1 heterocycles. The molecule has 3 heteroatoms. The van der Waals surface area contributed by atoms with Crippen LogP contribution in [0.25, 0.3) is 0 Å². The van der Waals surface area contributed by atoms with Gasteiger partial charge in [0.1, 0.15) is 0 Å². The third-order valence-electron chi connectivity index (χ3n) is 7.27. The summed E-state index contributed by atoms with van der Waals surface area (Å²) < 4.78 is 5.32. The van der Waals surface area contributed by atoms with Crippen molar-refractivity contribution in [3.63, 3.8) is 0 Å². The molecular formula is C18H29NO2. The van der Waals surface area contributed by atoms with Gasteiger partial charge in [0.05, 0.1) is 18.6 Å². The van der Waals surface area contributed by atoms with Crippen molar-refractivity contribution in [3.05, 3.63) is 0 Å². The fraction of sp³-hybridized carbons (Fsp3) is 0.944. The molecule has 1 unspecified atom stereocenters. The number of nitrogens with one attached hydrogen (secondary N) is 1. The topological polar surface area (TPSA) is 38.3 Å². The highest BCUT2D eigenvalue weighted by molar-refractivity contribution is 5.84. The van der Waals surface area contributed by atoms with E-state index in [4.69, 9.17) is 4.74 Å². The minimum absolute atomic E-state index is 0.226. The summed E-state index contributed by atoms with van der Waals surface area (Å²) in [6.45, 7) is 5.61. The van der Waals surface area contributed by atoms with Crippen LogP contribution < -0.4 is 5.32 Å². The quantitative estimate of drug-likeness (QED) is 0.864. The van der Waals surface area contributed by atoms with Crippen LogP contribution in [0.3, 0.4) is 0 Å². The first-order valence-electron chi connectivity index (χ1n) is 8.94. The lowest BCUT2D eigenvalue weighted by Gasteiger charge is -2.59. The van der Waals surface area contributed by atoms with E-state index in [0.29, 0.717) is 24.7 Å². The van der Waals surface area contributed by atoms with Gasteiger partial charge >= 0.3 is 0 Å². The van der Waals surface area contributed by atoms with Crippen LogP contribution in [-0.2, 0) is 9.53 Å². The van der Waals surface area contributed by atoms with E-state index in [2.05, 4.69) is 19.2 Å². The minimum Gasteiger partial charge on any atom is -0.379 e. The van der Waals surface area contributed by atoms with Gasteiger partial charge in [-0.05, 0) is 75.0 Å². The van der Waals surface area contributed by atoms with Crippen LogP contribution in [0.15, 0.2) is 0 Å². The monoisotopic (exact) mass is 291 g/mol. The standard InChI is InChI=1S/C18H29NO2/c1-3-17(10-21-11-17)16(20)19-12(2)18-7-13-4-14(8-18)6-15(5-13)9-18/h12-15H,3-11H2,1-2H3,(H,19,20). The molecule has 1 amide bonds. The Kier molecular flexibility index (Phi) is 3.15. The third kappa shape index (κ3) is 2.07. The van der Waals surface area contributed by atoms with Gasteiger partial charge in [0.2, 0.25) is 5.91 Å². The SMILES string of the molecule is CCC1(C(=O)NC(C)C23CC4CC(CC(C4)C2)C3)COC1. The Hall–Kier alpha value is -0.570. The molecule has 4 saturated carbocycles. The molecule has 0 aromatic heterocycles. The first kappa shape index (κ1) is 14.0. The van der Waals surface area contributed by atoms with Gasteiger partial charge in [-0.3, -0.25) is 4.79 Å². The molecular weight excluding hydrogens is 262 g/mol. The Morgan fingerprint density at radius 1 is 1.14 bits per heavy atom. The summed E-state index contributed by atoms with van der Waals surface area (Å²) in [7, 11) is 0. The summed E-state index contributed by atoms with van der Waals surface area (Å²) in [5.74, 6) is 3.09. The van der Waals surface area contributed by atoms with Gasteiger partial charge in [-0.1, -0.05) is 6.92 Å². The molecule has 5 fully saturated rings. The third-order valence-corrected chi connectivity index (χ3v) is 7.27. The fourth-order valence-corrected chi connectivity index (χ4v) is 6.06. The number of carbonyl (C=O) groups excluding carboxylic acids is 1. The maximum atomic E-state index is 12.7. The second kappa shape index (κ2) is 4.71. The van der Waals surface area contributed by atoms with Crippen LogP contribution in [0.2, 0.25) is 0 Å². The maximum absolute atomic E-state index is 12.7. The van der Waals surface area contributed by atoms with Crippen molar-refractivity contribution in [2.75, 3.05) is 13.2 Å². The predicted molar refractivity (Wildman–Crippen MR) is 81.8 cm³/mol. The summed E-state index contributed by atoms with van der Waals surface area (Å²) in [4.78, 5) is 12.7. The molecule has 118 valence electrons. The zero-order chi connectivity index (χ0) is 14.7. The molecule has 0 radical (unpaired) electrons. The molecule has 0 spiro atoms. The van der Waals surface area contributed by atoms with Crippen LogP contribution in [0.4, 0.5) is 0 Å². The Labute approximate surface area is 128 Å². The molecule has 1 saturated heterocycles. The van der Waals surface area contributed by atoms with Gasteiger partial charge in [0, 0.05) is 6.04 Å². The van der Waals surface area contributed by atoms with Gasteiger partial charge in [-0.2, -0.15) is 0 Å². The van der Waals surface area contributed by atoms with E-state index in [0.717, 1.165) is 24.2 Å². The highest BCUT2D eigenvalue weighted by Gasteiger charge is 2.54. The maximum Gasteiger partial charge on any atom is 0.231 e. The van der Waals surface area contributed by atoms with Gasteiger partial charge in [0.25, 0.3) is 0 Å². The zero-order valence-corrected chi connectivity index (χ0v) is 13.5.